The molecule has 2 heterocycles. The number of rotatable bonds is 6. The summed E-state index contributed by atoms with van der Waals surface area (Å²) in [6.45, 7) is 1.47. The third kappa shape index (κ3) is 3.63. The Hall–Kier alpha value is -3.12. The smallest absolute Gasteiger partial charge is 0.258 e. The molecule has 0 atom stereocenters. The molecule has 0 saturated carbocycles. The molecule has 0 bridgehead atoms. The van der Waals surface area contributed by atoms with Crippen molar-refractivity contribution in [1.29, 1.82) is 0 Å². The maximum Gasteiger partial charge on any atom is 0.258 e. The summed E-state index contributed by atoms with van der Waals surface area (Å²) in [5, 5.41) is 0.952. The fourth-order valence-corrected chi connectivity index (χ4v) is 3.76. The molecule has 150 valence electrons. The van der Waals surface area contributed by atoms with Crippen molar-refractivity contribution in [2.75, 3.05) is 39.2 Å². The van der Waals surface area contributed by atoms with Crippen LogP contribution in [0.3, 0.4) is 0 Å². The van der Waals surface area contributed by atoms with Crippen LogP contribution in [-0.2, 0) is 4.79 Å². The van der Waals surface area contributed by atoms with Gasteiger partial charge in [0, 0.05) is 40.3 Å². The Morgan fingerprint density at radius 2 is 2.03 bits per heavy atom. The minimum absolute atomic E-state index is 0.0957. The molecule has 29 heavy (non-hydrogen) atoms. The van der Waals surface area contributed by atoms with Gasteiger partial charge in [0.2, 0.25) is 0 Å². The number of hydrogen-bond donors (Lipinski definition) is 1. The number of carbonyl (C=O) groups is 1. The molecule has 2 aromatic carbocycles. The van der Waals surface area contributed by atoms with Gasteiger partial charge in [0.1, 0.15) is 11.6 Å². The number of fused-ring (bicyclic) bond motifs is 2. The van der Waals surface area contributed by atoms with Gasteiger partial charge in [-0.2, -0.15) is 0 Å². The highest BCUT2D eigenvalue weighted by Gasteiger charge is 2.32. The largest absolute Gasteiger partial charge is 0.497 e. The molecule has 0 radical (unpaired) electrons. The van der Waals surface area contributed by atoms with E-state index in [2.05, 4.69) is 9.88 Å². The highest BCUT2D eigenvalue weighted by Crippen LogP contribution is 2.39. The van der Waals surface area contributed by atoms with Gasteiger partial charge in [-0.05, 0) is 69.5 Å². The summed E-state index contributed by atoms with van der Waals surface area (Å²) in [4.78, 5) is 20.3. The van der Waals surface area contributed by atoms with E-state index in [9.17, 15) is 9.18 Å². The van der Waals surface area contributed by atoms with Crippen LogP contribution in [0.15, 0.2) is 42.6 Å². The van der Waals surface area contributed by atoms with E-state index in [0.717, 1.165) is 40.9 Å². The molecule has 1 N–H and O–H groups in total. The average molecular weight is 393 g/mol. The number of anilines is 1. The zero-order chi connectivity index (χ0) is 20.5. The van der Waals surface area contributed by atoms with Crippen molar-refractivity contribution in [2.45, 2.75) is 6.42 Å². The fraction of sp³-hybridized carbons (Fsp3) is 0.261. The number of nitrogens with zero attached hydrogens (tertiary/aromatic N) is 2. The number of carbonyl (C=O) groups excluding carboxylic acids is 1. The molecule has 0 saturated heterocycles. The van der Waals surface area contributed by atoms with Crippen LogP contribution in [-0.4, -0.2) is 50.1 Å². The normalized spacial score (nSPS) is 15.0. The first-order valence-corrected chi connectivity index (χ1v) is 9.61. The number of aromatic amines is 1. The third-order valence-electron chi connectivity index (χ3n) is 5.22. The topological polar surface area (TPSA) is 48.6 Å². The van der Waals surface area contributed by atoms with Gasteiger partial charge in [-0.1, -0.05) is 0 Å². The third-order valence-corrected chi connectivity index (χ3v) is 5.22. The summed E-state index contributed by atoms with van der Waals surface area (Å²) < 4.78 is 19.3. The van der Waals surface area contributed by atoms with E-state index in [4.69, 9.17) is 4.74 Å². The molecule has 5 nitrogen and oxygen atoms in total. The lowest BCUT2D eigenvalue weighted by molar-refractivity contribution is -0.113. The van der Waals surface area contributed by atoms with Crippen LogP contribution in [0, 0.1) is 5.82 Å². The van der Waals surface area contributed by atoms with Gasteiger partial charge in [0.05, 0.1) is 12.8 Å². The van der Waals surface area contributed by atoms with Gasteiger partial charge >= 0.3 is 0 Å². The van der Waals surface area contributed by atoms with E-state index >= 15 is 0 Å². The molecule has 1 aromatic heterocycles. The van der Waals surface area contributed by atoms with E-state index in [-0.39, 0.29) is 11.7 Å². The van der Waals surface area contributed by atoms with Crippen LogP contribution < -0.4 is 9.64 Å². The van der Waals surface area contributed by atoms with Crippen LogP contribution in [0.25, 0.3) is 22.6 Å². The van der Waals surface area contributed by atoms with Gasteiger partial charge < -0.3 is 19.5 Å². The second-order valence-electron chi connectivity index (χ2n) is 7.49. The number of methoxy groups -OCH3 is 1. The number of nitrogens with one attached hydrogen (secondary N) is 1. The monoisotopic (exact) mass is 393 g/mol. The molecule has 0 aliphatic carbocycles. The lowest BCUT2D eigenvalue weighted by Crippen LogP contribution is -2.29. The first kappa shape index (κ1) is 19.2. The van der Waals surface area contributed by atoms with Crippen molar-refractivity contribution >= 4 is 34.1 Å². The summed E-state index contributed by atoms with van der Waals surface area (Å²) in [6.07, 6.45) is 4.54. The Bertz CT molecular complexity index is 1100. The van der Waals surface area contributed by atoms with Crippen LogP contribution in [0.5, 0.6) is 5.75 Å². The van der Waals surface area contributed by atoms with Gasteiger partial charge in [-0.15, -0.1) is 0 Å². The van der Waals surface area contributed by atoms with Gasteiger partial charge in [-0.3, -0.25) is 4.79 Å². The second kappa shape index (κ2) is 7.72. The van der Waals surface area contributed by atoms with E-state index in [1.807, 2.05) is 44.6 Å². The molecule has 3 aromatic rings. The number of halogens is 1. The second-order valence-corrected chi connectivity index (χ2v) is 7.49. The Morgan fingerprint density at radius 1 is 1.21 bits per heavy atom. The number of benzene rings is 2. The maximum absolute atomic E-state index is 14.0. The van der Waals surface area contributed by atoms with E-state index in [0.29, 0.717) is 17.7 Å². The van der Waals surface area contributed by atoms with E-state index in [1.165, 1.54) is 12.1 Å². The molecular weight excluding hydrogens is 369 g/mol. The van der Waals surface area contributed by atoms with Gasteiger partial charge in [0.25, 0.3) is 5.91 Å². The summed E-state index contributed by atoms with van der Waals surface area (Å²) in [7, 11) is 5.63. The lowest BCUT2D eigenvalue weighted by Gasteiger charge is -2.18. The maximum atomic E-state index is 14.0. The van der Waals surface area contributed by atoms with Crippen molar-refractivity contribution in [3.63, 3.8) is 0 Å². The summed E-state index contributed by atoms with van der Waals surface area (Å²) in [5.74, 6) is 0.297. The predicted molar refractivity (Wildman–Crippen MR) is 115 cm³/mol. The molecule has 1 amide bonds. The highest BCUT2D eigenvalue weighted by molar-refractivity contribution is 6.36. The standard InChI is InChI=1S/C23H24FN3O2/c1-26(2)9-4-10-27-22-8-5-16(24)12-19(22)20(23(27)28)11-15-14-25-21-7-6-17(29-3)13-18(15)21/h5-8,11-14,25H,4,9-10H2,1-3H3/b20-11+. The number of ether oxygens (including phenoxy) is 1. The Morgan fingerprint density at radius 3 is 2.79 bits per heavy atom. The fourth-order valence-electron chi connectivity index (χ4n) is 3.76. The molecular formula is C23H24FN3O2. The van der Waals surface area contributed by atoms with Crippen LogP contribution in [0.4, 0.5) is 10.1 Å². The lowest BCUT2D eigenvalue weighted by atomic mass is 10.0. The highest BCUT2D eigenvalue weighted by atomic mass is 19.1. The van der Waals surface area contributed by atoms with Gasteiger partial charge in [0.15, 0.2) is 0 Å². The minimum Gasteiger partial charge on any atom is -0.497 e. The molecule has 0 fully saturated rings. The molecule has 1 aliphatic rings. The number of amides is 1. The molecule has 1 aliphatic heterocycles. The summed E-state index contributed by atoms with van der Waals surface area (Å²) in [6, 6.07) is 10.3. The Labute approximate surface area is 169 Å². The Balaban J connectivity index is 1.75. The first-order chi connectivity index (χ1) is 14.0. The van der Waals surface area contributed by atoms with Crippen molar-refractivity contribution in [1.82, 2.24) is 9.88 Å². The van der Waals surface area contributed by atoms with Crippen LogP contribution in [0.1, 0.15) is 17.5 Å². The number of aromatic nitrogens is 1. The van der Waals surface area contributed by atoms with Crippen LogP contribution in [0.2, 0.25) is 0 Å². The van der Waals surface area contributed by atoms with E-state index < -0.39 is 0 Å². The number of hydrogen-bond acceptors (Lipinski definition) is 3. The minimum atomic E-state index is -0.349. The number of H-pyrrole nitrogens is 1. The quantitative estimate of drug-likeness (QED) is 0.640. The van der Waals surface area contributed by atoms with Crippen molar-refractivity contribution in [3.8, 4) is 5.75 Å². The summed E-state index contributed by atoms with van der Waals surface area (Å²) in [5.41, 5.74) is 3.72. The van der Waals surface area contributed by atoms with Crippen molar-refractivity contribution in [3.05, 3.63) is 59.5 Å². The van der Waals surface area contributed by atoms with E-state index in [1.54, 1.807) is 18.1 Å². The van der Waals surface area contributed by atoms with Crippen LogP contribution >= 0.6 is 0 Å². The van der Waals surface area contributed by atoms with Gasteiger partial charge in [-0.25, -0.2) is 4.39 Å². The summed E-state index contributed by atoms with van der Waals surface area (Å²) >= 11 is 0. The SMILES string of the molecule is COc1ccc2[nH]cc(/C=C3/C(=O)N(CCCN(C)C)c4ccc(F)cc43)c2c1. The van der Waals surface area contributed by atoms with Crippen molar-refractivity contribution in [2.24, 2.45) is 0 Å². The molecule has 0 spiro atoms. The predicted octanol–water partition coefficient (Wildman–Crippen LogP) is 4.15. The first-order valence-electron chi connectivity index (χ1n) is 9.61. The average Bonchev–Trinajstić information content (AvgIpc) is 3.21. The molecule has 0 unspecified atom stereocenters. The molecule has 6 heteroatoms. The zero-order valence-corrected chi connectivity index (χ0v) is 16.8. The van der Waals surface area contributed by atoms with Crippen molar-refractivity contribution < 1.29 is 13.9 Å². The molecule has 4 rings (SSSR count). The Kier molecular flexibility index (Phi) is 5.11. The zero-order valence-electron chi connectivity index (χ0n) is 16.8.